The molecule has 1 aliphatic rings. The van der Waals surface area contributed by atoms with E-state index < -0.39 is 28.2 Å². The second-order valence-corrected chi connectivity index (χ2v) is 4.71. The average molecular weight is 286 g/mol. The number of carboxylic acid groups (broad SMARTS) is 1. The van der Waals surface area contributed by atoms with E-state index in [9.17, 15) is 23.7 Å². The largest absolute Gasteiger partial charge is 0.481 e. The van der Waals surface area contributed by atoms with Crippen LogP contribution in [0.2, 0.25) is 0 Å². The number of hydrogen-bond acceptors (Lipinski definition) is 4. The molecule has 1 saturated heterocycles. The number of halogens is 2. The van der Waals surface area contributed by atoms with E-state index >= 15 is 0 Å². The van der Waals surface area contributed by atoms with E-state index in [1.807, 2.05) is 0 Å². The van der Waals surface area contributed by atoms with Gasteiger partial charge < -0.3 is 10.0 Å². The predicted octanol–water partition coefficient (Wildman–Crippen LogP) is 2.17. The van der Waals surface area contributed by atoms with Crippen LogP contribution in [0.4, 0.5) is 20.2 Å². The molecule has 2 rings (SSSR count). The fraction of sp³-hybridized carbons (Fsp3) is 0.417. The van der Waals surface area contributed by atoms with Crippen molar-refractivity contribution < 1.29 is 23.6 Å². The lowest BCUT2D eigenvalue weighted by Gasteiger charge is -2.19. The molecule has 0 bridgehead atoms. The zero-order valence-electron chi connectivity index (χ0n) is 10.4. The molecule has 1 N–H and O–H groups in total. The van der Waals surface area contributed by atoms with Crippen LogP contribution in [0.15, 0.2) is 12.1 Å². The van der Waals surface area contributed by atoms with E-state index in [2.05, 4.69) is 0 Å². The number of carbonyl (C=O) groups is 1. The number of anilines is 1. The lowest BCUT2D eigenvalue weighted by Crippen LogP contribution is -2.23. The monoisotopic (exact) mass is 286 g/mol. The first-order valence-electron chi connectivity index (χ1n) is 5.98. The van der Waals surface area contributed by atoms with E-state index in [1.54, 1.807) is 0 Å². The van der Waals surface area contributed by atoms with Crippen LogP contribution in [-0.2, 0) is 4.79 Å². The van der Waals surface area contributed by atoms with Gasteiger partial charge in [-0.1, -0.05) is 0 Å². The van der Waals surface area contributed by atoms with Gasteiger partial charge in [-0.05, 0) is 12.3 Å². The summed E-state index contributed by atoms with van der Waals surface area (Å²) in [6, 6.07) is 1.34. The Balaban J connectivity index is 2.22. The lowest BCUT2D eigenvalue weighted by atomic mass is 10.1. The first-order valence-corrected chi connectivity index (χ1v) is 5.98. The number of carboxylic acids is 1. The fourth-order valence-corrected chi connectivity index (χ4v) is 2.41. The molecule has 8 heteroatoms. The molecule has 0 aromatic heterocycles. The summed E-state index contributed by atoms with van der Waals surface area (Å²) in [7, 11) is 0. The second kappa shape index (κ2) is 5.40. The summed E-state index contributed by atoms with van der Waals surface area (Å²) in [6.07, 6.45) is 0.453. The molecule has 1 heterocycles. The normalized spacial score (nSPS) is 18.3. The van der Waals surface area contributed by atoms with E-state index in [-0.39, 0.29) is 24.6 Å². The molecule has 0 aliphatic carbocycles. The Hall–Kier alpha value is -2.25. The van der Waals surface area contributed by atoms with Gasteiger partial charge in [0.2, 0.25) is 0 Å². The molecule has 1 aliphatic heterocycles. The van der Waals surface area contributed by atoms with Crippen LogP contribution in [0, 0.1) is 27.7 Å². The number of hydrogen-bond donors (Lipinski definition) is 1. The third kappa shape index (κ3) is 2.84. The maximum atomic E-state index is 13.8. The average Bonchev–Trinajstić information content (AvgIpc) is 2.75. The molecule has 108 valence electrons. The number of nitro benzene ring substituents is 1. The molecular formula is C12H12F2N2O4. The summed E-state index contributed by atoms with van der Waals surface area (Å²) >= 11 is 0. The van der Waals surface area contributed by atoms with Crippen LogP contribution in [0.5, 0.6) is 0 Å². The Morgan fingerprint density at radius 2 is 2.05 bits per heavy atom. The Bertz CT molecular complexity index is 541. The lowest BCUT2D eigenvalue weighted by molar-refractivity contribution is -0.385. The van der Waals surface area contributed by atoms with Crippen LogP contribution in [0.3, 0.4) is 0 Å². The molecule has 1 aromatic rings. The maximum absolute atomic E-state index is 13.8. The minimum Gasteiger partial charge on any atom is -0.481 e. The first-order chi connectivity index (χ1) is 9.38. The summed E-state index contributed by atoms with van der Waals surface area (Å²) in [5, 5.41) is 19.2. The summed E-state index contributed by atoms with van der Waals surface area (Å²) in [5.74, 6) is -3.15. The van der Waals surface area contributed by atoms with Crippen molar-refractivity contribution in [2.45, 2.75) is 12.8 Å². The molecule has 1 atom stereocenters. The molecule has 0 saturated carbocycles. The Labute approximate surface area is 112 Å². The first kappa shape index (κ1) is 14.2. The van der Waals surface area contributed by atoms with Crippen LogP contribution >= 0.6 is 0 Å². The number of aliphatic carboxylic acids is 1. The minimum absolute atomic E-state index is 0.0628. The van der Waals surface area contributed by atoms with Crippen molar-refractivity contribution in [1.82, 2.24) is 0 Å². The van der Waals surface area contributed by atoms with Crippen molar-refractivity contribution in [1.29, 1.82) is 0 Å². The molecule has 0 spiro atoms. The third-order valence-electron chi connectivity index (χ3n) is 3.28. The molecule has 1 fully saturated rings. The summed E-state index contributed by atoms with van der Waals surface area (Å²) in [4.78, 5) is 21.6. The van der Waals surface area contributed by atoms with E-state index in [1.165, 1.54) is 4.90 Å². The second-order valence-electron chi connectivity index (χ2n) is 4.71. The van der Waals surface area contributed by atoms with E-state index in [0.717, 1.165) is 0 Å². The molecule has 1 unspecified atom stereocenters. The van der Waals surface area contributed by atoms with Crippen molar-refractivity contribution in [3.63, 3.8) is 0 Å². The number of nitrogens with zero attached hydrogens (tertiary/aromatic N) is 2. The van der Waals surface area contributed by atoms with Gasteiger partial charge in [-0.3, -0.25) is 14.9 Å². The number of non-ortho nitro benzene ring substituents is 1. The van der Waals surface area contributed by atoms with Crippen molar-refractivity contribution >= 4 is 17.3 Å². The molecular weight excluding hydrogens is 274 g/mol. The molecule has 0 radical (unpaired) electrons. The van der Waals surface area contributed by atoms with E-state index in [4.69, 9.17) is 5.11 Å². The standard InChI is InChI=1S/C12H12F2N2O4/c13-9-4-8(16(19)20)5-10(14)12(9)15-2-1-7(6-15)3-11(17)18/h4-5,7H,1-3,6H2,(H,17,18). The minimum atomic E-state index is -1.01. The maximum Gasteiger partial charge on any atom is 0.303 e. The molecule has 6 nitrogen and oxygen atoms in total. The third-order valence-corrected chi connectivity index (χ3v) is 3.28. The molecule has 20 heavy (non-hydrogen) atoms. The topological polar surface area (TPSA) is 83.7 Å². The molecule has 1 aromatic carbocycles. The van der Waals surface area contributed by atoms with Gasteiger partial charge in [-0.2, -0.15) is 0 Å². The van der Waals surface area contributed by atoms with Crippen LogP contribution in [0.1, 0.15) is 12.8 Å². The summed E-state index contributed by atoms with van der Waals surface area (Å²) in [5.41, 5.74) is -0.978. The predicted molar refractivity (Wildman–Crippen MR) is 65.6 cm³/mol. The van der Waals surface area contributed by atoms with Gasteiger partial charge in [0, 0.05) is 19.5 Å². The van der Waals surface area contributed by atoms with Gasteiger partial charge in [0.1, 0.15) is 5.69 Å². The van der Waals surface area contributed by atoms with Gasteiger partial charge in [0.05, 0.1) is 17.1 Å². The van der Waals surface area contributed by atoms with Gasteiger partial charge >= 0.3 is 5.97 Å². The SMILES string of the molecule is O=C(O)CC1CCN(c2c(F)cc([N+](=O)[O-])cc2F)C1. The van der Waals surface area contributed by atoms with Gasteiger partial charge in [-0.25, -0.2) is 8.78 Å². The van der Waals surface area contributed by atoms with Crippen molar-refractivity contribution in [3.05, 3.63) is 33.9 Å². The van der Waals surface area contributed by atoms with Crippen molar-refractivity contribution in [2.75, 3.05) is 18.0 Å². The fourth-order valence-electron chi connectivity index (χ4n) is 2.41. The Kier molecular flexibility index (Phi) is 3.82. The van der Waals surface area contributed by atoms with Crippen molar-refractivity contribution in [3.8, 4) is 0 Å². The van der Waals surface area contributed by atoms with Crippen molar-refractivity contribution in [2.24, 2.45) is 5.92 Å². The quantitative estimate of drug-likeness (QED) is 0.677. The highest BCUT2D eigenvalue weighted by Gasteiger charge is 2.29. The highest BCUT2D eigenvalue weighted by Crippen LogP contribution is 2.32. The summed E-state index contributed by atoms with van der Waals surface area (Å²) < 4.78 is 27.6. The van der Waals surface area contributed by atoms with E-state index in [0.29, 0.717) is 25.1 Å². The summed E-state index contributed by atoms with van der Waals surface area (Å²) in [6.45, 7) is 0.543. The van der Waals surface area contributed by atoms with Crippen LogP contribution in [-0.4, -0.2) is 29.1 Å². The molecule has 0 amide bonds. The van der Waals surface area contributed by atoms with Crippen LogP contribution in [0.25, 0.3) is 0 Å². The Morgan fingerprint density at radius 3 is 2.55 bits per heavy atom. The number of rotatable bonds is 4. The zero-order chi connectivity index (χ0) is 14.9. The van der Waals surface area contributed by atoms with Gasteiger partial charge in [0.25, 0.3) is 5.69 Å². The number of benzene rings is 1. The Morgan fingerprint density at radius 1 is 1.45 bits per heavy atom. The van der Waals surface area contributed by atoms with Gasteiger partial charge in [-0.15, -0.1) is 0 Å². The zero-order valence-corrected chi connectivity index (χ0v) is 10.4. The smallest absolute Gasteiger partial charge is 0.303 e. The van der Waals surface area contributed by atoms with Gasteiger partial charge in [0.15, 0.2) is 11.6 Å². The highest BCUT2D eigenvalue weighted by molar-refractivity contribution is 5.67. The number of nitro groups is 1. The van der Waals surface area contributed by atoms with Crippen LogP contribution < -0.4 is 4.90 Å². The highest BCUT2D eigenvalue weighted by atomic mass is 19.1.